The number of furan rings is 1. The van der Waals surface area contributed by atoms with Crippen LogP contribution in [0.5, 0.6) is 5.75 Å². The Hall–Kier alpha value is -2.79. The molecule has 0 radical (unpaired) electrons. The average Bonchev–Trinajstić information content (AvgIpc) is 3.55. The van der Waals surface area contributed by atoms with E-state index in [-0.39, 0.29) is 11.9 Å². The molecule has 5 nitrogen and oxygen atoms in total. The zero-order valence-corrected chi connectivity index (χ0v) is 18.2. The van der Waals surface area contributed by atoms with Gasteiger partial charge in [-0.1, -0.05) is 12.1 Å². The molecule has 0 spiro atoms. The molecule has 1 aromatic heterocycles. The number of amides is 1. The molecular formula is C26H30N2O3. The number of fused-ring (bicyclic) bond motifs is 2. The van der Waals surface area contributed by atoms with Gasteiger partial charge in [-0.3, -0.25) is 9.69 Å². The van der Waals surface area contributed by atoms with Crippen molar-refractivity contribution >= 4 is 16.9 Å². The van der Waals surface area contributed by atoms with E-state index in [1.807, 2.05) is 12.1 Å². The Bertz CT molecular complexity index is 1060. The molecule has 31 heavy (non-hydrogen) atoms. The van der Waals surface area contributed by atoms with Gasteiger partial charge < -0.3 is 14.5 Å². The summed E-state index contributed by atoms with van der Waals surface area (Å²) in [5.41, 5.74) is 5.89. The SMILES string of the molecule is COc1ccc(C(CNC(=O)Cc2coc3cc4c(cc23)CCC4)N2CCCC2)cc1. The number of benzene rings is 2. The Kier molecular flexibility index (Phi) is 5.68. The van der Waals surface area contributed by atoms with Crippen molar-refractivity contribution in [3.05, 3.63) is 64.9 Å². The van der Waals surface area contributed by atoms with Crippen LogP contribution in [0.1, 0.15) is 47.6 Å². The number of nitrogens with one attached hydrogen (secondary N) is 1. The smallest absolute Gasteiger partial charge is 0.224 e. The third-order valence-electron chi connectivity index (χ3n) is 6.79. The number of nitrogens with zero attached hydrogens (tertiary/aromatic N) is 1. The topological polar surface area (TPSA) is 54.7 Å². The Morgan fingerprint density at radius 1 is 1.10 bits per heavy atom. The number of hydrogen-bond acceptors (Lipinski definition) is 4. The van der Waals surface area contributed by atoms with E-state index in [2.05, 4.69) is 34.5 Å². The monoisotopic (exact) mass is 418 g/mol. The van der Waals surface area contributed by atoms with Crippen LogP contribution in [0, 0.1) is 0 Å². The summed E-state index contributed by atoms with van der Waals surface area (Å²) in [5, 5.41) is 4.27. The number of methoxy groups -OCH3 is 1. The van der Waals surface area contributed by atoms with Gasteiger partial charge in [-0.2, -0.15) is 0 Å². The van der Waals surface area contributed by atoms with Gasteiger partial charge in [-0.15, -0.1) is 0 Å². The second-order valence-corrected chi connectivity index (χ2v) is 8.74. The van der Waals surface area contributed by atoms with Crippen molar-refractivity contribution in [1.29, 1.82) is 0 Å². The summed E-state index contributed by atoms with van der Waals surface area (Å²) in [6, 6.07) is 12.8. The minimum absolute atomic E-state index is 0.0425. The van der Waals surface area contributed by atoms with E-state index >= 15 is 0 Å². The average molecular weight is 419 g/mol. The van der Waals surface area contributed by atoms with E-state index < -0.39 is 0 Å². The van der Waals surface area contributed by atoms with Crippen LogP contribution >= 0.6 is 0 Å². The Morgan fingerprint density at radius 2 is 1.84 bits per heavy atom. The second kappa shape index (κ2) is 8.75. The summed E-state index contributed by atoms with van der Waals surface area (Å²) in [6.45, 7) is 2.75. The van der Waals surface area contributed by atoms with Crippen LogP contribution in [0.4, 0.5) is 0 Å². The minimum atomic E-state index is 0.0425. The highest BCUT2D eigenvalue weighted by Crippen LogP contribution is 2.31. The summed E-state index contributed by atoms with van der Waals surface area (Å²) in [6.07, 6.45) is 7.99. The molecule has 2 aliphatic rings. The summed E-state index contributed by atoms with van der Waals surface area (Å²) in [5.74, 6) is 0.896. The van der Waals surface area contributed by atoms with Crippen LogP contribution in [0.2, 0.25) is 0 Å². The molecule has 2 aromatic carbocycles. The molecule has 1 unspecified atom stereocenters. The Morgan fingerprint density at radius 3 is 2.58 bits per heavy atom. The van der Waals surface area contributed by atoms with Crippen LogP contribution < -0.4 is 10.1 Å². The first kappa shape index (κ1) is 20.1. The van der Waals surface area contributed by atoms with Gasteiger partial charge in [-0.05, 0) is 86.1 Å². The highest BCUT2D eigenvalue weighted by Gasteiger charge is 2.24. The fourth-order valence-electron chi connectivity index (χ4n) is 5.07. The number of rotatable bonds is 7. The second-order valence-electron chi connectivity index (χ2n) is 8.74. The predicted molar refractivity (Wildman–Crippen MR) is 121 cm³/mol. The van der Waals surface area contributed by atoms with E-state index in [4.69, 9.17) is 9.15 Å². The third-order valence-corrected chi connectivity index (χ3v) is 6.79. The molecule has 3 aromatic rings. The van der Waals surface area contributed by atoms with E-state index in [9.17, 15) is 4.79 Å². The van der Waals surface area contributed by atoms with Crippen LogP contribution in [0.3, 0.4) is 0 Å². The van der Waals surface area contributed by atoms with Crippen molar-refractivity contribution in [3.8, 4) is 5.75 Å². The summed E-state index contributed by atoms with van der Waals surface area (Å²) < 4.78 is 11.1. The van der Waals surface area contributed by atoms with E-state index in [1.165, 1.54) is 36.0 Å². The quantitative estimate of drug-likeness (QED) is 0.617. The molecule has 0 saturated carbocycles. The molecule has 1 aliphatic heterocycles. The standard InChI is InChI=1S/C26H30N2O3/c1-30-22-9-7-18(8-10-22)24(28-11-2-3-12-28)16-27-26(29)15-21-17-31-25-14-20-6-4-5-19(20)13-23(21)25/h7-10,13-14,17,24H,2-6,11-12,15-16H2,1H3,(H,27,29). The van der Waals surface area contributed by atoms with Gasteiger partial charge in [0.1, 0.15) is 11.3 Å². The molecule has 1 amide bonds. The van der Waals surface area contributed by atoms with Crippen molar-refractivity contribution in [2.45, 2.75) is 44.6 Å². The summed E-state index contributed by atoms with van der Waals surface area (Å²) in [7, 11) is 1.68. The molecule has 1 fully saturated rings. The fourth-order valence-corrected chi connectivity index (χ4v) is 5.07. The first-order chi connectivity index (χ1) is 15.2. The maximum absolute atomic E-state index is 12.8. The van der Waals surface area contributed by atoms with Gasteiger partial charge in [0.15, 0.2) is 0 Å². The van der Waals surface area contributed by atoms with E-state index in [0.717, 1.165) is 48.2 Å². The molecule has 1 N–H and O–H groups in total. The number of hydrogen-bond donors (Lipinski definition) is 1. The highest BCUT2D eigenvalue weighted by atomic mass is 16.5. The van der Waals surface area contributed by atoms with Gasteiger partial charge in [0.2, 0.25) is 5.91 Å². The van der Waals surface area contributed by atoms with Crippen LogP contribution in [0.15, 0.2) is 47.1 Å². The van der Waals surface area contributed by atoms with Crippen molar-refractivity contribution < 1.29 is 13.9 Å². The molecule has 1 saturated heterocycles. The molecule has 5 heteroatoms. The summed E-state index contributed by atoms with van der Waals surface area (Å²) >= 11 is 0. The predicted octanol–water partition coefficient (Wildman–Crippen LogP) is 4.43. The molecule has 162 valence electrons. The molecule has 0 bridgehead atoms. The number of likely N-dealkylation sites (tertiary alicyclic amines) is 1. The van der Waals surface area contributed by atoms with Crippen molar-refractivity contribution in [3.63, 3.8) is 0 Å². The molecular weight excluding hydrogens is 388 g/mol. The largest absolute Gasteiger partial charge is 0.497 e. The Balaban J connectivity index is 1.28. The zero-order chi connectivity index (χ0) is 21.2. The molecule has 1 aliphatic carbocycles. The normalized spacial score (nSPS) is 17.1. The lowest BCUT2D eigenvalue weighted by atomic mass is 10.0. The highest BCUT2D eigenvalue weighted by molar-refractivity contribution is 5.88. The van der Waals surface area contributed by atoms with Crippen LogP contribution in [0.25, 0.3) is 11.0 Å². The van der Waals surface area contributed by atoms with Gasteiger partial charge in [0, 0.05) is 17.5 Å². The number of carbonyl (C=O) groups excluding carboxylic acids is 1. The zero-order valence-electron chi connectivity index (χ0n) is 18.2. The van der Waals surface area contributed by atoms with Crippen LogP contribution in [-0.2, 0) is 24.1 Å². The van der Waals surface area contributed by atoms with Crippen molar-refractivity contribution in [1.82, 2.24) is 10.2 Å². The lowest BCUT2D eigenvalue weighted by Crippen LogP contribution is -2.37. The first-order valence-electron chi connectivity index (χ1n) is 11.4. The van der Waals surface area contributed by atoms with E-state index in [0.29, 0.717) is 13.0 Å². The van der Waals surface area contributed by atoms with E-state index in [1.54, 1.807) is 13.4 Å². The van der Waals surface area contributed by atoms with Gasteiger partial charge in [-0.25, -0.2) is 0 Å². The Labute approximate surface area is 183 Å². The van der Waals surface area contributed by atoms with Crippen molar-refractivity contribution in [2.24, 2.45) is 0 Å². The van der Waals surface area contributed by atoms with Crippen molar-refractivity contribution in [2.75, 3.05) is 26.7 Å². The maximum Gasteiger partial charge on any atom is 0.224 e. The third kappa shape index (κ3) is 4.19. The molecule has 2 heterocycles. The van der Waals surface area contributed by atoms with Gasteiger partial charge in [0.05, 0.1) is 25.8 Å². The lowest BCUT2D eigenvalue weighted by Gasteiger charge is -2.28. The first-order valence-corrected chi connectivity index (χ1v) is 11.4. The number of aryl methyl sites for hydroxylation is 2. The summed E-state index contributed by atoms with van der Waals surface area (Å²) in [4.78, 5) is 15.3. The lowest BCUT2D eigenvalue weighted by molar-refractivity contribution is -0.120. The minimum Gasteiger partial charge on any atom is -0.497 e. The van der Waals surface area contributed by atoms with Gasteiger partial charge >= 0.3 is 0 Å². The molecule has 1 atom stereocenters. The molecule has 5 rings (SSSR count). The fraction of sp³-hybridized carbons (Fsp3) is 0.423. The van der Waals surface area contributed by atoms with Crippen LogP contribution in [-0.4, -0.2) is 37.6 Å². The number of carbonyl (C=O) groups is 1. The number of ether oxygens (including phenoxy) is 1. The maximum atomic E-state index is 12.8. The van der Waals surface area contributed by atoms with Gasteiger partial charge in [0.25, 0.3) is 0 Å².